The third-order valence-corrected chi connectivity index (χ3v) is 5.11. The van der Waals surface area contributed by atoms with Crippen LogP contribution in [0.2, 0.25) is 0 Å². The average molecular weight is 354 g/mol. The molecule has 0 amide bonds. The normalized spacial score (nSPS) is 27.7. The average Bonchev–Trinajstić information content (AvgIpc) is 3.44. The Kier molecular flexibility index (Phi) is 4.00. The summed E-state index contributed by atoms with van der Waals surface area (Å²) in [7, 11) is 0. The summed E-state index contributed by atoms with van der Waals surface area (Å²) in [5.74, 6) is 1.70. The summed E-state index contributed by atoms with van der Waals surface area (Å²) in [6, 6.07) is 14.1. The first-order valence-corrected chi connectivity index (χ1v) is 8.82. The Balaban J connectivity index is 1.32. The molecule has 4 heterocycles. The third-order valence-electron chi connectivity index (χ3n) is 5.11. The van der Waals surface area contributed by atoms with E-state index in [2.05, 4.69) is 20.8 Å². The number of furan rings is 1. The predicted molar refractivity (Wildman–Crippen MR) is 89.9 cm³/mol. The monoisotopic (exact) mass is 354 g/mol. The van der Waals surface area contributed by atoms with E-state index >= 15 is 0 Å². The number of nitrogens with two attached hydrogens (primary N) is 1. The van der Waals surface area contributed by atoms with Crippen molar-refractivity contribution in [2.45, 2.75) is 30.8 Å². The van der Waals surface area contributed by atoms with Crippen LogP contribution in [0.15, 0.2) is 53.1 Å². The smallest absolute Gasteiger partial charge is 0.182 e. The number of hydrogen-bond donors (Lipinski definition) is 1. The second-order valence-electron chi connectivity index (χ2n) is 6.66. The van der Waals surface area contributed by atoms with Crippen LogP contribution in [-0.4, -0.2) is 51.7 Å². The summed E-state index contributed by atoms with van der Waals surface area (Å²) in [5, 5.41) is 14.5. The van der Waals surface area contributed by atoms with Crippen molar-refractivity contribution in [1.82, 2.24) is 20.2 Å². The highest BCUT2D eigenvalue weighted by atomic mass is 16.6. The Hall–Kier alpha value is -2.55. The molecular formula is C18H20N5O3+. The minimum absolute atomic E-state index is 0.0211. The van der Waals surface area contributed by atoms with E-state index in [0.717, 1.165) is 23.7 Å². The topological polar surface area (TPSA) is 91.8 Å². The zero-order valence-electron chi connectivity index (χ0n) is 14.1. The molecule has 2 aliphatic heterocycles. The highest BCUT2D eigenvalue weighted by molar-refractivity contribution is 5.54. The number of hydrogen-bond acceptors (Lipinski definition) is 6. The van der Waals surface area contributed by atoms with Crippen molar-refractivity contribution in [2.24, 2.45) is 0 Å². The van der Waals surface area contributed by atoms with Gasteiger partial charge in [-0.15, -0.1) is 5.10 Å². The van der Waals surface area contributed by atoms with E-state index in [9.17, 15) is 0 Å². The number of aromatic nitrogens is 4. The molecule has 0 aliphatic carbocycles. The maximum atomic E-state index is 6.08. The fourth-order valence-corrected chi connectivity index (χ4v) is 3.81. The molecule has 2 aliphatic rings. The van der Waals surface area contributed by atoms with Crippen LogP contribution >= 0.6 is 0 Å². The molecule has 26 heavy (non-hydrogen) atoms. The Morgan fingerprint density at radius 1 is 1.04 bits per heavy atom. The van der Waals surface area contributed by atoms with Gasteiger partial charge in [-0.3, -0.25) is 0 Å². The number of quaternary nitrogens is 1. The van der Waals surface area contributed by atoms with Crippen LogP contribution in [0, 0.1) is 0 Å². The molecule has 2 aromatic heterocycles. The number of nitrogens with zero attached hydrogens (tertiary/aromatic N) is 4. The van der Waals surface area contributed by atoms with Gasteiger partial charge in [-0.2, -0.15) is 0 Å². The van der Waals surface area contributed by atoms with Gasteiger partial charge in [0.15, 0.2) is 11.6 Å². The first-order chi connectivity index (χ1) is 12.9. The summed E-state index contributed by atoms with van der Waals surface area (Å²) in [5.41, 5.74) is 0.986. The number of benzene rings is 1. The van der Waals surface area contributed by atoms with E-state index < -0.39 is 0 Å². The van der Waals surface area contributed by atoms with Gasteiger partial charge >= 0.3 is 0 Å². The molecular weight excluding hydrogens is 334 g/mol. The zero-order chi connectivity index (χ0) is 17.3. The van der Waals surface area contributed by atoms with Crippen LogP contribution in [-0.2, 0) is 16.0 Å². The zero-order valence-corrected chi connectivity index (χ0v) is 14.1. The predicted octanol–water partition coefficient (Wildman–Crippen LogP) is 0.404. The highest BCUT2D eigenvalue weighted by Gasteiger charge is 2.51. The van der Waals surface area contributed by atoms with Crippen molar-refractivity contribution >= 4 is 0 Å². The molecule has 8 heteroatoms. The Morgan fingerprint density at radius 3 is 2.77 bits per heavy atom. The van der Waals surface area contributed by atoms with E-state index in [1.54, 1.807) is 6.26 Å². The lowest BCUT2D eigenvalue weighted by molar-refractivity contribution is -0.709. The molecule has 0 unspecified atom stereocenters. The van der Waals surface area contributed by atoms with Gasteiger partial charge in [0.1, 0.15) is 37.4 Å². The molecule has 0 spiro atoms. The molecule has 0 saturated carbocycles. The van der Waals surface area contributed by atoms with Crippen LogP contribution in [0.1, 0.15) is 11.8 Å². The first-order valence-electron chi connectivity index (χ1n) is 8.82. The fourth-order valence-electron chi connectivity index (χ4n) is 3.81. The molecule has 1 aromatic carbocycles. The summed E-state index contributed by atoms with van der Waals surface area (Å²) < 4.78 is 19.4. The van der Waals surface area contributed by atoms with Crippen LogP contribution in [0.4, 0.5) is 0 Å². The van der Waals surface area contributed by atoms with Gasteiger partial charge in [0.2, 0.25) is 0 Å². The lowest BCUT2D eigenvalue weighted by Crippen LogP contribution is -2.91. The maximum Gasteiger partial charge on any atom is 0.182 e. The molecule has 5 rings (SSSR count). The summed E-state index contributed by atoms with van der Waals surface area (Å²) >= 11 is 0. The minimum Gasteiger partial charge on any atom is -0.463 e. The van der Waals surface area contributed by atoms with Crippen LogP contribution in [0.5, 0.6) is 0 Å². The lowest BCUT2D eigenvalue weighted by atomic mass is 10.1. The maximum absolute atomic E-state index is 6.08. The van der Waals surface area contributed by atoms with E-state index in [-0.39, 0.29) is 24.3 Å². The van der Waals surface area contributed by atoms with Crippen molar-refractivity contribution in [3.63, 3.8) is 0 Å². The molecule has 134 valence electrons. The quantitative estimate of drug-likeness (QED) is 0.713. The number of ether oxygens (including phenoxy) is 2. The lowest BCUT2D eigenvalue weighted by Gasteiger charge is -2.16. The molecule has 8 nitrogen and oxygen atoms in total. The Morgan fingerprint density at radius 2 is 1.92 bits per heavy atom. The van der Waals surface area contributed by atoms with Crippen molar-refractivity contribution in [1.29, 1.82) is 0 Å². The Bertz CT molecular complexity index is 851. The fraction of sp³-hybridized carbons (Fsp3) is 0.389. The van der Waals surface area contributed by atoms with E-state index in [4.69, 9.17) is 13.9 Å². The molecule has 0 bridgehead atoms. The van der Waals surface area contributed by atoms with E-state index in [0.29, 0.717) is 13.2 Å². The highest BCUT2D eigenvalue weighted by Crippen LogP contribution is 2.34. The second-order valence-corrected chi connectivity index (χ2v) is 6.66. The molecule has 0 radical (unpaired) electrons. The van der Waals surface area contributed by atoms with Gasteiger partial charge < -0.3 is 19.2 Å². The standard InChI is InChI=1S/C18H19N5O3/c1-2-5-12(6-3-1)18-20-21-22-23(18)15-11-26-16-14(10-25-17(15)16)19-9-13-7-4-8-24-13/h1-8,14-17,19H,9-11H2/p+1/t14-,15-,16+,17+/m0/s1. The van der Waals surface area contributed by atoms with Gasteiger partial charge in [-0.05, 0) is 22.6 Å². The van der Waals surface area contributed by atoms with Gasteiger partial charge in [-0.1, -0.05) is 30.3 Å². The van der Waals surface area contributed by atoms with Crippen LogP contribution < -0.4 is 5.32 Å². The van der Waals surface area contributed by atoms with Gasteiger partial charge in [-0.25, -0.2) is 4.68 Å². The SMILES string of the molecule is c1ccc(-c2nnnn2[C@H]2CO[C@H]3[C@@H]2OC[C@@H]3[NH2+]Cc2ccco2)cc1. The molecule has 2 N–H and O–H groups in total. The number of fused-ring (bicyclic) bond motifs is 1. The Labute approximate surface area is 150 Å². The first kappa shape index (κ1) is 15.7. The van der Waals surface area contributed by atoms with Gasteiger partial charge in [0.25, 0.3) is 0 Å². The molecule has 3 aromatic rings. The van der Waals surface area contributed by atoms with Crippen molar-refractivity contribution in [3.8, 4) is 11.4 Å². The number of rotatable bonds is 5. The summed E-state index contributed by atoms with van der Waals surface area (Å²) in [6.07, 6.45) is 1.68. The molecule has 2 saturated heterocycles. The van der Waals surface area contributed by atoms with Gasteiger partial charge in [0, 0.05) is 5.56 Å². The van der Waals surface area contributed by atoms with Gasteiger partial charge in [0.05, 0.1) is 12.9 Å². The minimum atomic E-state index is -0.0428. The van der Waals surface area contributed by atoms with Crippen molar-refractivity contribution in [3.05, 3.63) is 54.5 Å². The third kappa shape index (κ3) is 2.72. The largest absolute Gasteiger partial charge is 0.463 e. The summed E-state index contributed by atoms with van der Waals surface area (Å²) in [4.78, 5) is 0. The molecule has 4 atom stereocenters. The van der Waals surface area contributed by atoms with Crippen LogP contribution in [0.3, 0.4) is 0 Å². The van der Waals surface area contributed by atoms with E-state index in [1.807, 2.05) is 47.1 Å². The van der Waals surface area contributed by atoms with E-state index in [1.165, 1.54) is 0 Å². The van der Waals surface area contributed by atoms with Crippen molar-refractivity contribution in [2.75, 3.05) is 13.2 Å². The van der Waals surface area contributed by atoms with Crippen molar-refractivity contribution < 1.29 is 19.2 Å². The van der Waals surface area contributed by atoms with Crippen LogP contribution in [0.25, 0.3) is 11.4 Å². The molecule has 2 fully saturated rings. The number of tetrazole rings is 1. The summed E-state index contributed by atoms with van der Waals surface area (Å²) in [6.45, 7) is 1.97. The second kappa shape index (κ2) is 6.64.